The Morgan fingerprint density at radius 2 is 0.933 bits per heavy atom. The summed E-state index contributed by atoms with van der Waals surface area (Å²) in [5.41, 5.74) is 14.6. The Kier molecular flexibility index (Phi) is 6.43. The minimum absolute atomic E-state index is 0.490. The lowest BCUT2D eigenvalue weighted by atomic mass is 9.67. The van der Waals surface area contributed by atoms with Crippen molar-refractivity contribution in [3.8, 4) is 11.1 Å². The third-order valence-corrected chi connectivity index (χ3v) is 9.59. The van der Waals surface area contributed by atoms with Crippen molar-refractivity contribution in [1.82, 2.24) is 0 Å². The van der Waals surface area contributed by atoms with E-state index in [4.69, 9.17) is 0 Å². The third kappa shape index (κ3) is 4.23. The molecule has 1 aliphatic rings. The molecule has 45 heavy (non-hydrogen) atoms. The fraction of sp³-hybridized carbons (Fsp3) is 0.0909. The van der Waals surface area contributed by atoms with E-state index in [1.807, 2.05) is 0 Å². The van der Waals surface area contributed by atoms with Crippen molar-refractivity contribution in [3.05, 3.63) is 197 Å². The van der Waals surface area contributed by atoms with E-state index in [9.17, 15) is 0 Å². The van der Waals surface area contributed by atoms with Crippen LogP contribution in [0.5, 0.6) is 0 Å². The van der Waals surface area contributed by atoms with Crippen LogP contribution in [0, 0.1) is 20.8 Å². The molecule has 1 aliphatic carbocycles. The first kappa shape index (κ1) is 27.2. The highest BCUT2D eigenvalue weighted by molar-refractivity contribution is 6.05. The summed E-state index contributed by atoms with van der Waals surface area (Å²) < 4.78 is 0. The molecule has 7 aromatic carbocycles. The Morgan fingerprint density at radius 3 is 1.49 bits per heavy atom. The van der Waals surface area contributed by atoms with Crippen LogP contribution in [0.2, 0.25) is 0 Å². The van der Waals surface area contributed by atoms with Gasteiger partial charge in [0.15, 0.2) is 0 Å². The van der Waals surface area contributed by atoms with Crippen LogP contribution in [-0.2, 0) is 5.41 Å². The first-order valence-corrected chi connectivity index (χ1v) is 15.8. The summed E-state index contributed by atoms with van der Waals surface area (Å²) >= 11 is 0. The Hall–Kier alpha value is -5.40. The minimum Gasteiger partial charge on any atom is -0.310 e. The van der Waals surface area contributed by atoms with Crippen LogP contribution in [0.4, 0.5) is 17.1 Å². The van der Waals surface area contributed by atoms with E-state index in [0.29, 0.717) is 0 Å². The second-order valence-electron chi connectivity index (χ2n) is 12.4. The highest BCUT2D eigenvalue weighted by Gasteiger charge is 2.47. The maximum atomic E-state index is 2.46. The highest BCUT2D eigenvalue weighted by Crippen LogP contribution is 2.59. The summed E-state index contributed by atoms with van der Waals surface area (Å²) in [5.74, 6) is 0. The molecule has 1 nitrogen and oxygen atoms in total. The summed E-state index contributed by atoms with van der Waals surface area (Å²) in [7, 11) is 0. The Labute approximate surface area is 266 Å². The van der Waals surface area contributed by atoms with Crippen molar-refractivity contribution < 1.29 is 0 Å². The van der Waals surface area contributed by atoms with Crippen LogP contribution in [-0.4, -0.2) is 0 Å². The molecular formula is C44H35N. The van der Waals surface area contributed by atoms with Crippen LogP contribution in [0.25, 0.3) is 21.9 Å². The molecule has 0 saturated carbocycles. The zero-order valence-corrected chi connectivity index (χ0v) is 26.0. The molecule has 0 N–H and O–H groups in total. The van der Waals surface area contributed by atoms with Crippen molar-refractivity contribution in [2.45, 2.75) is 26.2 Å². The van der Waals surface area contributed by atoms with Crippen LogP contribution in [0.1, 0.15) is 38.9 Å². The number of aryl methyl sites for hydroxylation is 3. The van der Waals surface area contributed by atoms with Gasteiger partial charge in [-0.1, -0.05) is 132 Å². The summed E-state index contributed by atoms with van der Waals surface area (Å²) in [6.45, 7) is 6.61. The van der Waals surface area contributed by atoms with Gasteiger partial charge in [0.25, 0.3) is 0 Å². The van der Waals surface area contributed by atoms with Gasteiger partial charge in [-0.25, -0.2) is 0 Å². The van der Waals surface area contributed by atoms with Gasteiger partial charge in [-0.3, -0.25) is 0 Å². The van der Waals surface area contributed by atoms with Crippen molar-refractivity contribution in [1.29, 1.82) is 0 Å². The van der Waals surface area contributed by atoms with Gasteiger partial charge in [0.1, 0.15) is 0 Å². The number of hydrogen-bond acceptors (Lipinski definition) is 1. The summed E-state index contributed by atoms with van der Waals surface area (Å²) in [6.07, 6.45) is 0. The van der Waals surface area contributed by atoms with Crippen LogP contribution in [0.15, 0.2) is 158 Å². The summed E-state index contributed by atoms with van der Waals surface area (Å²) in [4.78, 5) is 2.38. The maximum Gasteiger partial charge on any atom is 0.0714 e. The lowest BCUT2D eigenvalue weighted by Gasteiger charge is -2.35. The summed E-state index contributed by atoms with van der Waals surface area (Å²) in [6, 6.07) is 58.3. The van der Waals surface area contributed by atoms with Crippen molar-refractivity contribution >= 4 is 27.8 Å². The van der Waals surface area contributed by atoms with Gasteiger partial charge in [0.2, 0.25) is 0 Å². The number of rotatable bonds is 5. The Morgan fingerprint density at radius 1 is 0.422 bits per heavy atom. The first-order valence-electron chi connectivity index (χ1n) is 15.8. The molecule has 0 radical (unpaired) electrons. The van der Waals surface area contributed by atoms with Gasteiger partial charge in [0, 0.05) is 17.1 Å². The van der Waals surface area contributed by atoms with Gasteiger partial charge in [-0.2, -0.15) is 0 Å². The number of nitrogens with zero attached hydrogens (tertiary/aromatic N) is 1. The highest BCUT2D eigenvalue weighted by atomic mass is 15.1. The molecule has 0 atom stereocenters. The molecule has 0 heterocycles. The molecular weight excluding hydrogens is 542 g/mol. The molecule has 0 amide bonds. The molecule has 0 unspecified atom stereocenters. The molecule has 0 bridgehead atoms. The lowest BCUT2D eigenvalue weighted by molar-refractivity contribution is 0.767. The predicted octanol–water partition coefficient (Wildman–Crippen LogP) is 11.6. The first-order chi connectivity index (χ1) is 22.1. The smallest absolute Gasteiger partial charge is 0.0714 e. The maximum absolute atomic E-state index is 2.46. The molecule has 0 spiro atoms. The van der Waals surface area contributed by atoms with Crippen molar-refractivity contribution in [2.24, 2.45) is 0 Å². The van der Waals surface area contributed by atoms with E-state index in [2.05, 4.69) is 183 Å². The average Bonchev–Trinajstić information content (AvgIpc) is 3.37. The molecule has 1 heteroatoms. The standard InChI is InChI=1S/C44H35N/c1-30-18-22-33(23-19-30)44(34-24-20-31(2)21-25-34)41-29-37(45(35-12-6-4-7-13-35)36-14-8-5-9-15-36)26-27-40(41)43-39-17-11-10-16-38(39)32(3)28-42(43)44/h4-29H,1-3H3. The second-order valence-corrected chi connectivity index (χ2v) is 12.4. The van der Waals surface area contributed by atoms with Gasteiger partial charge >= 0.3 is 0 Å². The number of para-hydroxylation sites is 2. The number of hydrogen-bond donors (Lipinski definition) is 0. The van der Waals surface area contributed by atoms with E-state index < -0.39 is 5.41 Å². The van der Waals surface area contributed by atoms with Crippen LogP contribution in [0.3, 0.4) is 0 Å². The summed E-state index contributed by atoms with van der Waals surface area (Å²) in [5, 5.41) is 2.62. The second kappa shape index (κ2) is 10.6. The largest absolute Gasteiger partial charge is 0.310 e. The van der Waals surface area contributed by atoms with Gasteiger partial charge in [0.05, 0.1) is 5.41 Å². The van der Waals surface area contributed by atoms with E-state index >= 15 is 0 Å². The normalized spacial score (nSPS) is 13.0. The van der Waals surface area contributed by atoms with Crippen molar-refractivity contribution in [3.63, 3.8) is 0 Å². The molecule has 0 fully saturated rings. The van der Waals surface area contributed by atoms with Crippen molar-refractivity contribution in [2.75, 3.05) is 4.90 Å². The zero-order chi connectivity index (χ0) is 30.5. The molecule has 216 valence electrons. The van der Waals surface area contributed by atoms with E-state index in [1.54, 1.807) is 0 Å². The predicted molar refractivity (Wildman–Crippen MR) is 190 cm³/mol. The quantitative estimate of drug-likeness (QED) is 0.197. The molecule has 0 aliphatic heterocycles. The van der Waals surface area contributed by atoms with E-state index in [-0.39, 0.29) is 0 Å². The zero-order valence-electron chi connectivity index (χ0n) is 26.0. The third-order valence-electron chi connectivity index (χ3n) is 9.59. The monoisotopic (exact) mass is 577 g/mol. The topological polar surface area (TPSA) is 3.24 Å². The molecule has 7 aromatic rings. The number of fused-ring (bicyclic) bond motifs is 5. The molecule has 8 rings (SSSR count). The Bertz CT molecular complexity index is 2070. The van der Waals surface area contributed by atoms with Crippen LogP contribution >= 0.6 is 0 Å². The van der Waals surface area contributed by atoms with Crippen LogP contribution < -0.4 is 4.90 Å². The minimum atomic E-state index is -0.490. The van der Waals surface area contributed by atoms with Gasteiger partial charge < -0.3 is 4.90 Å². The van der Waals surface area contributed by atoms with Gasteiger partial charge in [-0.15, -0.1) is 0 Å². The fourth-order valence-electron chi connectivity index (χ4n) is 7.48. The Balaban J connectivity index is 1.51. The molecule has 0 saturated heterocycles. The number of anilines is 3. The lowest BCUT2D eigenvalue weighted by Crippen LogP contribution is -2.29. The SMILES string of the molecule is Cc1ccc(C2(c3ccc(C)cc3)c3cc(N(c4ccccc4)c4ccccc4)ccc3-c3c2cc(C)c2ccccc32)cc1. The van der Waals surface area contributed by atoms with E-state index in [1.165, 1.54) is 60.8 Å². The number of benzene rings is 7. The van der Waals surface area contributed by atoms with E-state index in [0.717, 1.165) is 17.1 Å². The van der Waals surface area contributed by atoms with Gasteiger partial charge in [-0.05, 0) is 107 Å². The molecule has 0 aromatic heterocycles. The average molecular weight is 578 g/mol. The fourth-order valence-corrected chi connectivity index (χ4v) is 7.48.